The first-order valence-electron chi connectivity index (χ1n) is 8.37. The van der Waals surface area contributed by atoms with Crippen molar-refractivity contribution in [1.29, 1.82) is 0 Å². The Labute approximate surface area is 151 Å². The molecule has 4 rings (SSSR count). The number of aromatic nitrogens is 2. The Morgan fingerprint density at radius 1 is 0.885 bits per heavy atom. The third kappa shape index (κ3) is 2.95. The number of hydrogen-bond acceptors (Lipinski definition) is 4. The van der Waals surface area contributed by atoms with E-state index in [9.17, 15) is 5.11 Å². The van der Waals surface area contributed by atoms with E-state index in [2.05, 4.69) is 29.3 Å². The molecule has 0 spiro atoms. The van der Waals surface area contributed by atoms with Gasteiger partial charge in [-0.05, 0) is 49.7 Å². The average molecular weight is 342 g/mol. The van der Waals surface area contributed by atoms with Crippen molar-refractivity contribution in [1.82, 2.24) is 9.38 Å². The zero-order valence-corrected chi connectivity index (χ0v) is 14.6. The van der Waals surface area contributed by atoms with Crippen LogP contribution in [0.5, 0.6) is 5.75 Å². The van der Waals surface area contributed by atoms with Gasteiger partial charge in [-0.1, -0.05) is 35.9 Å². The van der Waals surface area contributed by atoms with Crippen LogP contribution in [0.2, 0.25) is 0 Å². The molecule has 2 aromatic heterocycles. The van der Waals surface area contributed by atoms with Crippen molar-refractivity contribution in [3.8, 4) is 17.0 Å². The number of fused-ring (bicyclic) bond motifs is 1. The number of aryl methyl sites for hydroxylation is 2. The molecule has 26 heavy (non-hydrogen) atoms. The van der Waals surface area contributed by atoms with Gasteiger partial charge in [0.1, 0.15) is 17.1 Å². The lowest BCUT2D eigenvalue weighted by Crippen LogP contribution is -1.85. The number of imidazole rings is 1. The number of phenols is 1. The van der Waals surface area contributed by atoms with E-state index in [1.807, 2.05) is 41.8 Å². The minimum atomic E-state index is 0.203. The van der Waals surface area contributed by atoms with Crippen LogP contribution in [0.15, 0.2) is 77.1 Å². The predicted octanol–water partition coefficient (Wildman–Crippen LogP) is 5.74. The van der Waals surface area contributed by atoms with Crippen LogP contribution in [0.3, 0.4) is 0 Å². The van der Waals surface area contributed by atoms with Gasteiger partial charge in [-0.2, -0.15) is 0 Å². The van der Waals surface area contributed by atoms with E-state index in [-0.39, 0.29) is 5.75 Å². The minimum absolute atomic E-state index is 0.203. The lowest BCUT2D eigenvalue weighted by Gasteiger charge is -2.01. The molecule has 0 atom stereocenters. The minimum Gasteiger partial charge on any atom is -0.508 e. The van der Waals surface area contributed by atoms with Crippen molar-refractivity contribution in [3.63, 3.8) is 0 Å². The van der Waals surface area contributed by atoms with E-state index in [0.717, 1.165) is 22.5 Å². The summed E-state index contributed by atoms with van der Waals surface area (Å²) in [5.41, 5.74) is 5.59. The third-order valence-electron chi connectivity index (χ3n) is 4.25. The van der Waals surface area contributed by atoms with Gasteiger partial charge in [0.2, 0.25) is 0 Å². The van der Waals surface area contributed by atoms with Gasteiger partial charge in [0, 0.05) is 11.8 Å². The highest BCUT2D eigenvalue weighted by atomic mass is 16.3. The van der Waals surface area contributed by atoms with Crippen LogP contribution in [0, 0.1) is 13.8 Å². The van der Waals surface area contributed by atoms with Crippen LogP contribution >= 0.6 is 0 Å². The van der Waals surface area contributed by atoms with E-state index in [1.165, 1.54) is 5.56 Å². The summed E-state index contributed by atoms with van der Waals surface area (Å²) in [6.45, 7) is 4.09. The quantitative estimate of drug-likeness (QED) is 0.483. The molecule has 4 aromatic rings. The molecule has 5 heteroatoms. The topological polar surface area (TPSA) is 62.2 Å². The second-order valence-electron chi connectivity index (χ2n) is 6.25. The van der Waals surface area contributed by atoms with E-state index < -0.39 is 0 Å². The lowest BCUT2D eigenvalue weighted by molar-refractivity contribution is 0.475. The lowest BCUT2D eigenvalue weighted by atomic mass is 10.1. The fourth-order valence-electron chi connectivity index (χ4n) is 2.82. The smallest absolute Gasteiger partial charge is 0.187 e. The molecule has 0 aliphatic rings. The number of rotatable bonds is 3. The third-order valence-corrected chi connectivity index (χ3v) is 4.25. The first-order chi connectivity index (χ1) is 12.6. The number of azo groups is 1. The number of nitrogens with zero attached hydrogens (tertiary/aromatic N) is 4. The summed E-state index contributed by atoms with van der Waals surface area (Å²) < 4.78 is 1.95. The molecule has 0 bridgehead atoms. The van der Waals surface area contributed by atoms with Crippen molar-refractivity contribution < 1.29 is 5.11 Å². The molecule has 0 saturated heterocycles. The summed E-state index contributed by atoms with van der Waals surface area (Å²) in [5.74, 6) is 0.885. The van der Waals surface area contributed by atoms with Gasteiger partial charge in [0.15, 0.2) is 5.82 Å². The van der Waals surface area contributed by atoms with Gasteiger partial charge in [-0.3, -0.25) is 4.40 Å². The van der Waals surface area contributed by atoms with Crippen LogP contribution in [-0.4, -0.2) is 14.5 Å². The molecule has 0 aliphatic carbocycles. The van der Waals surface area contributed by atoms with Crippen molar-refractivity contribution >= 4 is 17.2 Å². The summed E-state index contributed by atoms with van der Waals surface area (Å²) in [6, 6.07) is 18.8. The van der Waals surface area contributed by atoms with Crippen molar-refractivity contribution in [2.24, 2.45) is 10.2 Å². The van der Waals surface area contributed by atoms with Crippen molar-refractivity contribution in [3.05, 3.63) is 78.0 Å². The zero-order chi connectivity index (χ0) is 18.1. The number of aromatic hydroxyl groups is 1. The average Bonchev–Trinajstić information content (AvgIpc) is 3.02. The molecule has 0 fully saturated rings. The predicted molar refractivity (Wildman–Crippen MR) is 102 cm³/mol. The molecule has 2 heterocycles. The fourth-order valence-corrected chi connectivity index (χ4v) is 2.82. The van der Waals surface area contributed by atoms with Crippen LogP contribution in [0.4, 0.5) is 11.5 Å². The van der Waals surface area contributed by atoms with Gasteiger partial charge in [0.05, 0.1) is 5.69 Å². The molecule has 0 unspecified atom stereocenters. The van der Waals surface area contributed by atoms with E-state index >= 15 is 0 Å². The summed E-state index contributed by atoms with van der Waals surface area (Å²) in [5, 5.41) is 18.2. The molecule has 0 aliphatic heterocycles. The van der Waals surface area contributed by atoms with Crippen LogP contribution in [-0.2, 0) is 0 Å². The normalized spacial score (nSPS) is 11.5. The van der Waals surface area contributed by atoms with Gasteiger partial charge >= 0.3 is 0 Å². The Kier molecular flexibility index (Phi) is 3.97. The van der Waals surface area contributed by atoms with Gasteiger partial charge in [0.25, 0.3) is 0 Å². The highest BCUT2D eigenvalue weighted by Gasteiger charge is 2.15. The SMILES string of the molecule is Cc1ccc(-c2nc3c(C)cccn3c2N=Nc2ccc(O)cc2)cc1. The Balaban J connectivity index is 1.88. The Morgan fingerprint density at radius 3 is 2.35 bits per heavy atom. The number of phenolic OH excluding ortho intramolecular Hbond substituents is 1. The van der Waals surface area contributed by atoms with Gasteiger partial charge in [-0.25, -0.2) is 4.98 Å². The van der Waals surface area contributed by atoms with E-state index in [0.29, 0.717) is 11.5 Å². The van der Waals surface area contributed by atoms with E-state index in [1.54, 1.807) is 24.3 Å². The van der Waals surface area contributed by atoms with Crippen molar-refractivity contribution in [2.75, 3.05) is 0 Å². The number of hydrogen-bond donors (Lipinski definition) is 1. The summed E-state index contributed by atoms with van der Waals surface area (Å²) >= 11 is 0. The van der Waals surface area contributed by atoms with Crippen LogP contribution in [0.1, 0.15) is 11.1 Å². The molecular weight excluding hydrogens is 324 g/mol. The molecule has 0 radical (unpaired) electrons. The molecule has 128 valence electrons. The largest absolute Gasteiger partial charge is 0.508 e. The summed E-state index contributed by atoms with van der Waals surface area (Å²) in [6.07, 6.45) is 1.94. The molecule has 2 aromatic carbocycles. The highest BCUT2D eigenvalue weighted by molar-refractivity contribution is 5.75. The zero-order valence-electron chi connectivity index (χ0n) is 14.6. The van der Waals surface area contributed by atoms with Crippen molar-refractivity contribution in [2.45, 2.75) is 13.8 Å². The monoisotopic (exact) mass is 342 g/mol. The summed E-state index contributed by atoms with van der Waals surface area (Å²) in [4.78, 5) is 4.81. The molecule has 1 N–H and O–H groups in total. The first-order valence-corrected chi connectivity index (χ1v) is 8.37. The standard InChI is InChI=1S/C21H18N4O/c1-14-5-7-16(8-6-14)19-21(24-23-17-9-11-18(26)12-10-17)25-13-3-4-15(2)20(25)22-19/h3-13,26H,1-2H3. The Hall–Kier alpha value is -3.47. The maximum absolute atomic E-state index is 9.41. The molecule has 5 nitrogen and oxygen atoms in total. The van der Waals surface area contributed by atoms with Crippen LogP contribution < -0.4 is 0 Å². The Bertz CT molecular complexity index is 1090. The molecular formula is C21H18N4O. The van der Waals surface area contributed by atoms with E-state index in [4.69, 9.17) is 4.98 Å². The second-order valence-corrected chi connectivity index (χ2v) is 6.25. The maximum atomic E-state index is 9.41. The number of pyridine rings is 1. The number of benzene rings is 2. The van der Waals surface area contributed by atoms with Gasteiger partial charge in [-0.15, -0.1) is 10.2 Å². The van der Waals surface area contributed by atoms with Crippen LogP contribution in [0.25, 0.3) is 16.9 Å². The maximum Gasteiger partial charge on any atom is 0.187 e. The first kappa shape index (κ1) is 16.0. The second kappa shape index (κ2) is 6.44. The Morgan fingerprint density at radius 2 is 1.62 bits per heavy atom. The fraction of sp³-hybridized carbons (Fsp3) is 0.0952. The molecule has 0 amide bonds. The highest BCUT2D eigenvalue weighted by Crippen LogP contribution is 2.33. The summed E-state index contributed by atoms with van der Waals surface area (Å²) in [7, 11) is 0. The molecule has 0 saturated carbocycles. The van der Waals surface area contributed by atoms with Gasteiger partial charge < -0.3 is 5.11 Å².